The number of para-hydroxylation sites is 1. The van der Waals surface area contributed by atoms with Crippen LogP contribution in [0.25, 0.3) is 10.9 Å². The van der Waals surface area contributed by atoms with Crippen molar-refractivity contribution in [2.45, 2.75) is 38.8 Å². The fourth-order valence-corrected chi connectivity index (χ4v) is 4.94. The lowest BCUT2D eigenvalue weighted by atomic mass is 10.1. The van der Waals surface area contributed by atoms with Crippen LogP contribution in [0.2, 0.25) is 0 Å². The van der Waals surface area contributed by atoms with E-state index >= 15 is 0 Å². The van der Waals surface area contributed by atoms with Crippen LogP contribution in [0.1, 0.15) is 37.4 Å². The topological polar surface area (TPSA) is 89.2 Å². The summed E-state index contributed by atoms with van der Waals surface area (Å²) in [7, 11) is 0. The van der Waals surface area contributed by atoms with Gasteiger partial charge in [0.15, 0.2) is 5.84 Å². The van der Waals surface area contributed by atoms with Gasteiger partial charge in [0.2, 0.25) is 0 Å². The predicted molar refractivity (Wildman–Crippen MR) is 136 cm³/mol. The highest BCUT2D eigenvalue weighted by Gasteiger charge is 2.31. The Morgan fingerprint density at radius 1 is 1.14 bits per heavy atom. The normalized spacial score (nSPS) is 16.9. The molecule has 4 aromatic rings. The maximum absolute atomic E-state index is 14.9. The number of aliphatic imine (C=N–C) groups is 1. The number of nitrogens with one attached hydrogen (secondary N) is 2. The Bertz CT molecular complexity index is 1510. The molecule has 1 saturated carbocycles. The molecule has 37 heavy (non-hydrogen) atoms. The minimum absolute atomic E-state index is 0.0402. The summed E-state index contributed by atoms with van der Waals surface area (Å²) in [6.07, 6.45) is 6.23. The summed E-state index contributed by atoms with van der Waals surface area (Å²) in [5.74, 6) is 0.296. The second-order valence-electron chi connectivity index (χ2n) is 8.99. The maximum atomic E-state index is 14.9. The molecule has 2 aliphatic rings. The SMILES string of the molecule is CCOc1cc(F)c(Cn2nc(C3=NC4CCCC4=C(Nc4ccnnc4)N3)c3ccccc32)c(F)c1. The van der Waals surface area contributed by atoms with Crippen molar-refractivity contribution >= 4 is 22.4 Å². The molecule has 0 spiro atoms. The summed E-state index contributed by atoms with van der Waals surface area (Å²) in [5.41, 5.74) is 3.33. The first kappa shape index (κ1) is 23.1. The summed E-state index contributed by atoms with van der Waals surface area (Å²) in [5, 5.41) is 20.3. The number of halogens is 2. The third kappa shape index (κ3) is 4.39. The maximum Gasteiger partial charge on any atom is 0.156 e. The molecule has 2 aromatic carbocycles. The first-order valence-electron chi connectivity index (χ1n) is 12.3. The standard InChI is InChI=1S/C27H25F2N7O/c1-2-37-17-12-21(28)20(22(29)13-17)15-36-24-9-4-3-6-19(24)25(35-36)27-33-23-8-5-7-18(23)26(34-27)32-16-10-11-30-31-14-16/h3-4,6,9-14,23H,2,5,7-8,15H2,1H3,(H,30,32)(H,33,34). The molecular formula is C27H25F2N7O. The third-order valence-electron chi connectivity index (χ3n) is 6.64. The van der Waals surface area contributed by atoms with Gasteiger partial charge in [0, 0.05) is 23.1 Å². The summed E-state index contributed by atoms with van der Waals surface area (Å²) < 4.78 is 36.6. The molecular weight excluding hydrogens is 476 g/mol. The van der Waals surface area contributed by atoms with Gasteiger partial charge in [-0.2, -0.15) is 15.3 Å². The van der Waals surface area contributed by atoms with E-state index in [1.165, 1.54) is 17.7 Å². The van der Waals surface area contributed by atoms with Crippen LogP contribution in [-0.4, -0.2) is 38.5 Å². The van der Waals surface area contributed by atoms with Crippen molar-refractivity contribution in [3.8, 4) is 5.75 Å². The quantitative estimate of drug-likeness (QED) is 0.379. The van der Waals surface area contributed by atoms with Crippen molar-refractivity contribution in [2.75, 3.05) is 11.9 Å². The minimum atomic E-state index is -0.673. The highest BCUT2D eigenvalue weighted by Crippen LogP contribution is 2.34. The van der Waals surface area contributed by atoms with Crippen molar-refractivity contribution in [2.24, 2.45) is 4.99 Å². The number of fused-ring (bicyclic) bond motifs is 2. The average Bonchev–Trinajstić information content (AvgIpc) is 3.52. The Balaban J connectivity index is 1.37. The molecule has 188 valence electrons. The van der Waals surface area contributed by atoms with Crippen molar-refractivity contribution in [1.29, 1.82) is 0 Å². The molecule has 1 aliphatic heterocycles. The molecule has 0 amide bonds. The first-order valence-corrected chi connectivity index (χ1v) is 12.3. The molecule has 6 rings (SSSR count). The second kappa shape index (κ2) is 9.61. The van der Waals surface area contributed by atoms with Crippen LogP contribution < -0.4 is 15.4 Å². The Morgan fingerprint density at radius 2 is 1.97 bits per heavy atom. The zero-order chi connectivity index (χ0) is 25.4. The van der Waals surface area contributed by atoms with Crippen molar-refractivity contribution in [3.05, 3.63) is 89.1 Å². The van der Waals surface area contributed by atoms with Crippen LogP contribution >= 0.6 is 0 Å². The fraction of sp³-hybridized carbons (Fsp3) is 0.259. The molecule has 10 heteroatoms. The van der Waals surface area contributed by atoms with Crippen molar-refractivity contribution in [1.82, 2.24) is 25.3 Å². The Hall–Kier alpha value is -4.34. The second-order valence-corrected chi connectivity index (χ2v) is 8.99. The number of ether oxygens (including phenoxy) is 1. The van der Waals surface area contributed by atoms with E-state index in [-0.39, 0.29) is 23.9 Å². The number of hydrogen-bond donors (Lipinski definition) is 2. The lowest BCUT2D eigenvalue weighted by molar-refractivity contribution is 0.335. The monoisotopic (exact) mass is 501 g/mol. The van der Waals surface area contributed by atoms with Gasteiger partial charge in [-0.1, -0.05) is 18.2 Å². The van der Waals surface area contributed by atoms with Gasteiger partial charge in [0.05, 0.1) is 42.8 Å². The zero-order valence-electron chi connectivity index (χ0n) is 20.2. The van der Waals surface area contributed by atoms with Gasteiger partial charge in [-0.15, -0.1) is 0 Å². The summed E-state index contributed by atoms with van der Waals surface area (Å²) in [6, 6.07) is 11.9. The van der Waals surface area contributed by atoms with Crippen molar-refractivity contribution in [3.63, 3.8) is 0 Å². The molecule has 1 fully saturated rings. The van der Waals surface area contributed by atoms with Gasteiger partial charge in [0.25, 0.3) is 0 Å². The van der Waals surface area contributed by atoms with Gasteiger partial charge in [-0.25, -0.2) is 8.78 Å². The Kier molecular flexibility index (Phi) is 5.99. The first-order chi connectivity index (χ1) is 18.1. The number of anilines is 1. The van der Waals surface area contributed by atoms with E-state index < -0.39 is 11.6 Å². The smallest absolute Gasteiger partial charge is 0.156 e. The van der Waals surface area contributed by atoms with E-state index in [1.54, 1.807) is 24.0 Å². The number of amidine groups is 1. The lowest BCUT2D eigenvalue weighted by Crippen LogP contribution is -2.35. The molecule has 1 unspecified atom stereocenters. The highest BCUT2D eigenvalue weighted by molar-refractivity contribution is 6.09. The number of hydrogen-bond acceptors (Lipinski definition) is 7. The molecule has 0 bridgehead atoms. The van der Waals surface area contributed by atoms with E-state index in [4.69, 9.17) is 14.8 Å². The molecule has 0 saturated heterocycles. The molecule has 1 atom stereocenters. The molecule has 8 nitrogen and oxygen atoms in total. The molecule has 0 radical (unpaired) electrons. The van der Waals surface area contributed by atoms with Crippen LogP contribution in [0.5, 0.6) is 5.75 Å². The minimum Gasteiger partial charge on any atom is -0.494 e. The predicted octanol–water partition coefficient (Wildman–Crippen LogP) is 4.78. The van der Waals surface area contributed by atoms with Gasteiger partial charge in [-0.05, 0) is 43.9 Å². The third-order valence-corrected chi connectivity index (χ3v) is 6.64. The molecule has 2 N–H and O–H groups in total. The number of rotatable bonds is 7. The zero-order valence-corrected chi connectivity index (χ0v) is 20.2. The van der Waals surface area contributed by atoms with Gasteiger partial charge in [0.1, 0.15) is 28.9 Å². The van der Waals surface area contributed by atoms with Gasteiger partial charge >= 0.3 is 0 Å². The number of benzene rings is 2. The van der Waals surface area contributed by atoms with Crippen molar-refractivity contribution < 1.29 is 13.5 Å². The molecule has 3 heterocycles. The van der Waals surface area contributed by atoms with Crippen LogP contribution in [0.4, 0.5) is 14.5 Å². The average molecular weight is 502 g/mol. The van der Waals surface area contributed by atoms with Crippen LogP contribution in [-0.2, 0) is 6.54 Å². The molecule has 2 aromatic heterocycles. The van der Waals surface area contributed by atoms with E-state index in [0.717, 1.165) is 41.7 Å². The summed E-state index contributed by atoms with van der Waals surface area (Å²) in [4.78, 5) is 4.98. The van der Waals surface area contributed by atoms with Gasteiger partial charge in [-0.3, -0.25) is 9.67 Å². The highest BCUT2D eigenvalue weighted by atomic mass is 19.1. The number of nitrogens with zero attached hydrogens (tertiary/aromatic N) is 5. The van der Waals surface area contributed by atoms with E-state index in [9.17, 15) is 8.78 Å². The Morgan fingerprint density at radius 3 is 2.76 bits per heavy atom. The van der Waals surface area contributed by atoms with Crippen LogP contribution in [0, 0.1) is 11.6 Å². The van der Waals surface area contributed by atoms with Crippen LogP contribution in [0.15, 0.2) is 71.2 Å². The summed E-state index contributed by atoms with van der Waals surface area (Å²) >= 11 is 0. The van der Waals surface area contributed by atoms with Gasteiger partial charge < -0.3 is 15.4 Å². The van der Waals surface area contributed by atoms with E-state index in [0.29, 0.717) is 18.1 Å². The lowest BCUT2D eigenvalue weighted by Gasteiger charge is -2.24. The van der Waals surface area contributed by atoms with E-state index in [2.05, 4.69) is 20.8 Å². The number of aromatic nitrogens is 4. The largest absolute Gasteiger partial charge is 0.494 e. The molecule has 1 aliphatic carbocycles. The summed E-state index contributed by atoms with van der Waals surface area (Å²) in [6.45, 7) is 2.02. The Labute approximate surface area is 212 Å². The van der Waals surface area contributed by atoms with Crippen LogP contribution in [0.3, 0.4) is 0 Å². The fourth-order valence-electron chi connectivity index (χ4n) is 4.94. The van der Waals surface area contributed by atoms with E-state index in [1.807, 2.05) is 30.3 Å².